The summed E-state index contributed by atoms with van der Waals surface area (Å²) in [5.41, 5.74) is 1.69. The maximum atomic E-state index is 9.82. The van der Waals surface area contributed by atoms with Crippen molar-refractivity contribution in [1.29, 1.82) is 5.26 Å². The second-order valence-electron chi connectivity index (χ2n) is 9.02. The van der Waals surface area contributed by atoms with Crippen molar-refractivity contribution >= 4 is 41.1 Å². The van der Waals surface area contributed by atoms with Gasteiger partial charge in [-0.2, -0.15) is 10.4 Å². The number of aliphatic imine (C=N–C) groups is 2. The molecule has 142 valence electrons. The van der Waals surface area contributed by atoms with Crippen LogP contribution in [0.5, 0.6) is 0 Å². The van der Waals surface area contributed by atoms with Gasteiger partial charge in [-0.05, 0) is 64.3 Å². The van der Waals surface area contributed by atoms with E-state index in [0.29, 0.717) is 23.3 Å². The van der Waals surface area contributed by atoms with Gasteiger partial charge < -0.3 is 0 Å². The molecule has 1 unspecified atom stereocenters. The van der Waals surface area contributed by atoms with E-state index in [0.717, 1.165) is 22.5 Å². The molecule has 0 saturated heterocycles. The third kappa shape index (κ3) is 4.95. The van der Waals surface area contributed by atoms with Crippen LogP contribution in [0.2, 0.25) is 0 Å². The quantitative estimate of drug-likeness (QED) is 0.658. The van der Waals surface area contributed by atoms with Crippen molar-refractivity contribution in [1.82, 2.24) is 9.78 Å². The van der Waals surface area contributed by atoms with E-state index in [9.17, 15) is 5.26 Å². The Labute approximate surface area is 165 Å². The van der Waals surface area contributed by atoms with Crippen molar-refractivity contribution in [3.05, 3.63) is 36.7 Å². The average molecular weight is 438 g/mol. The first kappa shape index (κ1) is 20.7. The number of aryl methyl sites for hydroxylation is 1. The molecule has 1 aromatic rings. The summed E-state index contributed by atoms with van der Waals surface area (Å²) in [6.07, 6.45) is 14.1. The molecular weight excluding hydrogens is 410 g/mol. The van der Waals surface area contributed by atoms with Crippen LogP contribution in [0, 0.1) is 11.3 Å². The number of hydrogen-bond donors (Lipinski definition) is 1. The number of halogens is 1. The lowest BCUT2D eigenvalue weighted by molar-refractivity contribution is 0.710. The third-order valence-corrected chi connectivity index (χ3v) is 7.10. The summed E-state index contributed by atoms with van der Waals surface area (Å²) in [5.74, 6) is 1.50. The van der Waals surface area contributed by atoms with E-state index in [-0.39, 0.29) is 0 Å². The Balaban J connectivity index is 2.17. The molecule has 1 aromatic heterocycles. The fraction of sp³-hybridized carbons (Fsp3) is 0.474. The second kappa shape index (κ2) is 6.82. The zero-order chi connectivity index (χ0) is 19.8. The molecule has 0 aromatic carbocycles. The smallest absolute Gasteiger partial charge is 0.198 e. The number of thiol groups is 1. The van der Waals surface area contributed by atoms with Crippen LogP contribution in [-0.2, 0) is 7.05 Å². The predicted molar refractivity (Wildman–Crippen MR) is 120 cm³/mol. The number of amidine groups is 1. The third-order valence-electron chi connectivity index (χ3n) is 4.25. The van der Waals surface area contributed by atoms with Gasteiger partial charge in [0.2, 0.25) is 0 Å². The summed E-state index contributed by atoms with van der Waals surface area (Å²) in [5, 5.41) is 14.0. The summed E-state index contributed by atoms with van der Waals surface area (Å²) in [7, 11) is 0.127. The minimum Gasteiger partial charge on any atom is -0.292 e. The molecule has 0 radical (unpaired) electrons. The molecule has 26 heavy (non-hydrogen) atoms. The maximum absolute atomic E-state index is 9.82. The number of hydrogen-bond acceptors (Lipinski definition) is 4. The first-order chi connectivity index (χ1) is 11.8. The van der Waals surface area contributed by atoms with Crippen molar-refractivity contribution in [2.75, 3.05) is 30.8 Å². The van der Waals surface area contributed by atoms with Crippen LogP contribution in [0.1, 0.15) is 18.4 Å². The van der Waals surface area contributed by atoms with Gasteiger partial charge in [-0.25, -0.2) is 9.98 Å². The Bertz CT molecular complexity index is 853. The molecule has 0 aliphatic carbocycles. The van der Waals surface area contributed by atoms with Crippen LogP contribution in [-0.4, -0.2) is 56.6 Å². The molecule has 0 fully saturated rings. The van der Waals surface area contributed by atoms with Crippen molar-refractivity contribution in [2.24, 2.45) is 17.0 Å². The molecule has 2 rings (SSSR count). The lowest BCUT2D eigenvalue weighted by Gasteiger charge is -2.48. The minimum atomic E-state index is -1.74. The lowest BCUT2D eigenvalue weighted by Crippen LogP contribution is -2.33. The van der Waals surface area contributed by atoms with E-state index in [1.807, 2.05) is 13.2 Å². The molecule has 0 saturated carbocycles. The van der Waals surface area contributed by atoms with Crippen molar-refractivity contribution < 1.29 is 0 Å². The number of nitriles is 1. The molecule has 5 nitrogen and oxygen atoms in total. The normalized spacial score (nSPS) is 21.3. The molecule has 0 amide bonds. The highest BCUT2D eigenvalue weighted by molar-refractivity contribution is 9.18. The number of allylic oxidation sites excluding steroid dienone is 1. The van der Waals surface area contributed by atoms with Crippen molar-refractivity contribution in [3.63, 3.8) is 0 Å². The summed E-state index contributed by atoms with van der Waals surface area (Å²) in [6, 6.07) is 2.37. The molecule has 0 spiro atoms. The Morgan fingerprint density at radius 3 is 2.46 bits per heavy atom. The Morgan fingerprint density at radius 1 is 1.31 bits per heavy atom. The summed E-state index contributed by atoms with van der Waals surface area (Å²) < 4.78 is 2.32. The molecular formula is C19H28BrN5S. The summed E-state index contributed by atoms with van der Waals surface area (Å²) in [6.45, 7) is 8.23. The van der Waals surface area contributed by atoms with Gasteiger partial charge in [0, 0.05) is 25.2 Å². The fourth-order valence-electron chi connectivity index (χ4n) is 2.53. The van der Waals surface area contributed by atoms with Crippen molar-refractivity contribution in [3.8, 4) is 6.07 Å². The van der Waals surface area contributed by atoms with Gasteiger partial charge in [-0.1, -0.05) is 13.2 Å². The highest BCUT2D eigenvalue weighted by atomic mass is 79.9. The zero-order valence-electron chi connectivity index (χ0n) is 16.3. The SMILES string of the molecule is C=C(CC(=C)c1cnn(C)c1)C1=NC(C#N)(CC[SH](C)(C)(C)C)C(Br)=N1. The van der Waals surface area contributed by atoms with Crippen LogP contribution in [0.25, 0.3) is 5.57 Å². The number of nitrogens with zero attached hydrogens (tertiary/aromatic N) is 5. The molecule has 2 heterocycles. The van der Waals surface area contributed by atoms with E-state index in [1.165, 1.54) is 0 Å². The topological polar surface area (TPSA) is 66.3 Å². The van der Waals surface area contributed by atoms with Gasteiger partial charge >= 0.3 is 0 Å². The Morgan fingerprint density at radius 2 is 1.96 bits per heavy atom. The van der Waals surface area contributed by atoms with E-state index >= 15 is 0 Å². The minimum absolute atomic E-state index is 0.531. The van der Waals surface area contributed by atoms with Gasteiger partial charge in [0.05, 0.1) is 6.20 Å². The lowest BCUT2D eigenvalue weighted by atomic mass is 10.0. The van der Waals surface area contributed by atoms with E-state index in [1.54, 1.807) is 10.9 Å². The largest absolute Gasteiger partial charge is 0.292 e. The van der Waals surface area contributed by atoms with Gasteiger partial charge in [-0.15, -0.1) is 0 Å². The van der Waals surface area contributed by atoms with Gasteiger partial charge in [0.1, 0.15) is 10.7 Å². The highest BCUT2D eigenvalue weighted by Gasteiger charge is 2.41. The summed E-state index contributed by atoms with van der Waals surface area (Å²) >= 11 is 3.48. The fourth-order valence-corrected chi connectivity index (χ4v) is 4.29. The maximum Gasteiger partial charge on any atom is 0.198 e. The molecule has 0 bridgehead atoms. The van der Waals surface area contributed by atoms with E-state index < -0.39 is 14.7 Å². The van der Waals surface area contributed by atoms with Crippen LogP contribution in [0.15, 0.2) is 41.1 Å². The van der Waals surface area contributed by atoms with Crippen molar-refractivity contribution in [2.45, 2.75) is 18.4 Å². The van der Waals surface area contributed by atoms with Gasteiger partial charge in [0.15, 0.2) is 11.4 Å². The molecule has 1 aliphatic rings. The number of aromatic nitrogens is 2. The first-order valence-electron chi connectivity index (χ1n) is 8.42. The first-order valence-corrected chi connectivity index (χ1v) is 13.4. The van der Waals surface area contributed by atoms with Crippen LogP contribution in [0.4, 0.5) is 0 Å². The van der Waals surface area contributed by atoms with E-state index in [2.05, 4.69) is 75.3 Å². The zero-order valence-corrected chi connectivity index (χ0v) is 18.7. The number of rotatable bonds is 7. The molecule has 1 aliphatic heterocycles. The average Bonchev–Trinajstić information content (AvgIpc) is 3.08. The van der Waals surface area contributed by atoms with Crippen LogP contribution >= 0.6 is 25.1 Å². The standard InChI is InChI=1S/C19H28BrN5S/c1-14(16-11-22-25(3)12-16)10-15(2)17-23-18(20)19(13-21,24-17)8-9-26(4,5,6)7/h11-12,26H,1-2,8-10H2,3-7H3. The predicted octanol–water partition coefficient (Wildman–Crippen LogP) is 3.83. The Kier molecular flexibility index (Phi) is 5.42. The molecule has 1 atom stereocenters. The van der Waals surface area contributed by atoms with E-state index in [4.69, 9.17) is 0 Å². The van der Waals surface area contributed by atoms with Gasteiger partial charge in [0.25, 0.3) is 0 Å². The Hall–Kier alpha value is -1.65. The monoisotopic (exact) mass is 437 g/mol. The second-order valence-corrected chi connectivity index (χ2v) is 18.1. The molecule has 7 heteroatoms. The van der Waals surface area contributed by atoms with Crippen LogP contribution < -0.4 is 0 Å². The van der Waals surface area contributed by atoms with Crippen LogP contribution in [0.3, 0.4) is 0 Å². The van der Waals surface area contributed by atoms with Gasteiger partial charge in [-0.3, -0.25) is 13.8 Å². The highest BCUT2D eigenvalue weighted by Crippen LogP contribution is 2.56. The molecule has 0 N–H and O–H groups in total. The summed E-state index contributed by atoms with van der Waals surface area (Å²) in [4.78, 5) is 9.17.